The Morgan fingerprint density at radius 2 is 2.33 bits per heavy atom. The molecule has 1 aromatic heterocycles. The first-order chi connectivity index (χ1) is 7.09. The second kappa shape index (κ2) is 3.66. The number of fused-ring (bicyclic) bond motifs is 1. The fraction of sp³-hybridized carbons (Fsp3) is 0.200. The molecule has 0 aliphatic carbocycles. The van der Waals surface area contributed by atoms with Crippen molar-refractivity contribution in [3.63, 3.8) is 0 Å². The summed E-state index contributed by atoms with van der Waals surface area (Å²) in [5.41, 5.74) is 2.41. The molecule has 0 saturated carbocycles. The number of aliphatic carboxylic acids is 1. The molecule has 4 nitrogen and oxygen atoms in total. The largest absolute Gasteiger partial charge is 0.481 e. The maximum absolute atomic E-state index is 10.8. The number of imidazole rings is 1. The second-order valence-electron chi connectivity index (χ2n) is 3.36. The van der Waals surface area contributed by atoms with Crippen molar-refractivity contribution >= 4 is 32.9 Å². The van der Waals surface area contributed by atoms with Gasteiger partial charge in [0.05, 0.1) is 17.8 Å². The molecular formula is C10H9BrN2O2. The number of aromatic nitrogens is 2. The predicted octanol–water partition coefficient (Wildman–Crippen LogP) is 2.51. The van der Waals surface area contributed by atoms with E-state index in [9.17, 15) is 4.79 Å². The van der Waals surface area contributed by atoms with Gasteiger partial charge in [0.1, 0.15) is 5.52 Å². The van der Waals surface area contributed by atoms with Crippen molar-refractivity contribution in [2.45, 2.75) is 12.8 Å². The van der Waals surface area contributed by atoms with Crippen LogP contribution in [-0.2, 0) is 4.79 Å². The summed E-state index contributed by atoms with van der Waals surface area (Å²) in [6, 6.07) is 3.60. The van der Waals surface area contributed by atoms with Gasteiger partial charge in [-0.3, -0.25) is 4.79 Å². The third-order valence-corrected chi connectivity index (χ3v) is 2.97. The highest BCUT2D eigenvalue weighted by Crippen LogP contribution is 2.27. The summed E-state index contributed by atoms with van der Waals surface area (Å²) >= 11 is 3.37. The third-order valence-electron chi connectivity index (χ3n) is 2.37. The minimum atomic E-state index is -0.833. The number of benzene rings is 1. The number of rotatable bonds is 2. The fourth-order valence-corrected chi connectivity index (χ4v) is 2.00. The van der Waals surface area contributed by atoms with Gasteiger partial charge in [-0.15, -0.1) is 0 Å². The number of carboxylic acid groups (broad SMARTS) is 1. The molecule has 2 aromatic rings. The SMILES string of the molecule is CC(C(=O)O)c1cc(Br)c2nc[nH]c2c1. The van der Waals surface area contributed by atoms with Crippen LogP contribution in [0.4, 0.5) is 0 Å². The molecule has 2 rings (SSSR count). The van der Waals surface area contributed by atoms with Gasteiger partial charge in [-0.2, -0.15) is 0 Å². The van der Waals surface area contributed by atoms with Crippen molar-refractivity contribution in [1.29, 1.82) is 0 Å². The number of H-pyrrole nitrogens is 1. The summed E-state index contributed by atoms with van der Waals surface area (Å²) in [5.74, 6) is -1.35. The predicted molar refractivity (Wildman–Crippen MR) is 59.8 cm³/mol. The summed E-state index contributed by atoms with van der Waals surface area (Å²) < 4.78 is 0.810. The normalized spacial score (nSPS) is 12.9. The molecule has 0 aliphatic rings. The molecule has 1 heterocycles. The highest BCUT2D eigenvalue weighted by molar-refractivity contribution is 9.10. The molecule has 0 bridgehead atoms. The molecule has 78 valence electrons. The first-order valence-corrected chi connectivity index (χ1v) is 5.24. The van der Waals surface area contributed by atoms with E-state index >= 15 is 0 Å². The van der Waals surface area contributed by atoms with E-state index in [0.717, 1.165) is 21.1 Å². The number of nitrogens with zero attached hydrogens (tertiary/aromatic N) is 1. The van der Waals surface area contributed by atoms with Gasteiger partial charge in [0.25, 0.3) is 0 Å². The van der Waals surface area contributed by atoms with Gasteiger partial charge in [-0.05, 0) is 40.5 Å². The topological polar surface area (TPSA) is 66.0 Å². The lowest BCUT2D eigenvalue weighted by Gasteiger charge is -2.07. The monoisotopic (exact) mass is 268 g/mol. The van der Waals surface area contributed by atoms with Crippen LogP contribution in [0.2, 0.25) is 0 Å². The van der Waals surface area contributed by atoms with Crippen LogP contribution in [0.25, 0.3) is 11.0 Å². The minimum Gasteiger partial charge on any atom is -0.481 e. The second-order valence-corrected chi connectivity index (χ2v) is 4.22. The number of aromatic amines is 1. The van der Waals surface area contributed by atoms with Crippen molar-refractivity contribution in [3.8, 4) is 0 Å². The lowest BCUT2D eigenvalue weighted by Crippen LogP contribution is -2.07. The van der Waals surface area contributed by atoms with Gasteiger partial charge in [0.15, 0.2) is 0 Å². The zero-order chi connectivity index (χ0) is 11.0. The van der Waals surface area contributed by atoms with Gasteiger partial charge in [-0.1, -0.05) is 0 Å². The number of hydrogen-bond donors (Lipinski definition) is 2. The molecule has 0 saturated heterocycles. The van der Waals surface area contributed by atoms with E-state index < -0.39 is 11.9 Å². The average molecular weight is 269 g/mol. The Morgan fingerprint density at radius 3 is 3.00 bits per heavy atom. The molecule has 0 fully saturated rings. The van der Waals surface area contributed by atoms with Gasteiger partial charge < -0.3 is 10.1 Å². The van der Waals surface area contributed by atoms with Crippen LogP contribution < -0.4 is 0 Å². The lowest BCUT2D eigenvalue weighted by molar-refractivity contribution is -0.138. The van der Waals surface area contributed by atoms with Crippen LogP contribution in [0.1, 0.15) is 18.4 Å². The molecule has 1 atom stereocenters. The van der Waals surface area contributed by atoms with E-state index in [1.165, 1.54) is 0 Å². The molecule has 0 amide bonds. The van der Waals surface area contributed by atoms with Crippen molar-refractivity contribution in [1.82, 2.24) is 9.97 Å². The molecule has 5 heteroatoms. The zero-order valence-corrected chi connectivity index (χ0v) is 9.58. The maximum Gasteiger partial charge on any atom is 0.310 e. The molecule has 0 spiro atoms. The molecule has 0 radical (unpaired) electrons. The minimum absolute atomic E-state index is 0.519. The molecule has 0 aliphatic heterocycles. The number of halogens is 1. The Labute approximate surface area is 94.5 Å². The first kappa shape index (κ1) is 10.2. The summed E-state index contributed by atoms with van der Waals surface area (Å²) in [6.07, 6.45) is 1.59. The van der Waals surface area contributed by atoms with Crippen LogP contribution >= 0.6 is 15.9 Å². The Hall–Kier alpha value is -1.36. The summed E-state index contributed by atoms with van der Waals surface area (Å²) in [7, 11) is 0. The molecule has 15 heavy (non-hydrogen) atoms. The van der Waals surface area contributed by atoms with Gasteiger partial charge >= 0.3 is 5.97 Å². The van der Waals surface area contributed by atoms with E-state index in [-0.39, 0.29) is 0 Å². The Morgan fingerprint density at radius 1 is 1.60 bits per heavy atom. The summed E-state index contributed by atoms with van der Waals surface area (Å²) in [5, 5.41) is 8.91. The van der Waals surface area contributed by atoms with E-state index in [2.05, 4.69) is 25.9 Å². The lowest BCUT2D eigenvalue weighted by atomic mass is 10.0. The van der Waals surface area contributed by atoms with Crippen LogP contribution in [0.15, 0.2) is 22.9 Å². The quantitative estimate of drug-likeness (QED) is 0.880. The van der Waals surface area contributed by atoms with E-state index in [0.29, 0.717) is 0 Å². The van der Waals surface area contributed by atoms with E-state index in [1.807, 2.05) is 6.07 Å². The van der Waals surface area contributed by atoms with Crippen LogP contribution in [0.5, 0.6) is 0 Å². The standard InChI is InChI=1S/C10H9BrN2O2/c1-5(10(14)15)6-2-7(11)9-8(3-6)12-4-13-9/h2-5H,1H3,(H,12,13)(H,14,15). The van der Waals surface area contributed by atoms with E-state index in [1.54, 1.807) is 19.3 Å². The van der Waals surface area contributed by atoms with Gasteiger partial charge in [0, 0.05) is 4.47 Å². The molecule has 1 aromatic carbocycles. The summed E-state index contributed by atoms with van der Waals surface area (Å²) in [4.78, 5) is 17.9. The number of hydrogen-bond acceptors (Lipinski definition) is 2. The third kappa shape index (κ3) is 1.74. The van der Waals surface area contributed by atoms with Crippen LogP contribution in [-0.4, -0.2) is 21.0 Å². The number of carboxylic acids is 1. The zero-order valence-electron chi connectivity index (χ0n) is 7.99. The Kier molecular flexibility index (Phi) is 2.48. The molecular weight excluding hydrogens is 260 g/mol. The highest BCUT2D eigenvalue weighted by Gasteiger charge is 2.15. The fourth-order valence-electron chi connectivity index (χ4n) is 1.42. The van der Waals surface area contributed by atoms with Crippen molar-refractivity contribution < 1.29 is 9.90 Å². The van der Waals surface area contributed by atoms with Gasteiger partial charge in [0.2, 0.25) is 0 Å². The molecule has 1 unspecified atom stereocenters. The van der Waals surface area contributed by atoms with Gasteiger partial charge in [-0.25, -0.2) is 4.98 Å². The Balaban J connectivity index is 2.58. The maximum atomic E-state index is 10.8. The van der Waals surface area contributed by atoms with Crippen molar-refractivity contribution in [2.24, 2.45) is 0 Å². The smallest absolute Gasteiger partial charge is 0.310 e. The molecule has 2 N–H and O–H groups in total. The Bertz CT molecular complexity index is 521. The first-order valence-electron chi connectivity index (χ1n) is 4.45. The van der Waals surface area contributed by atoms with Crippen LogP contribution in [0, 0.1) is 0 Å². The van der Waals surface area contributed by atoms with Crippen molar-refractivity contribution in [3.05, 3.63) is 28.5 Å². The van der Waals surface area contributed by atoms with Crippen molar-refractivity contribution in [2.75, 3.05) is 0 Å². The average Bonchev–Trinajstić information content (AvgIpc) is 2.64. The summed E-state index contributed by atoms with van der Waals surface area (Å²) in [6.45, 7) is 1.66. The van der Waals surface area contributed by atoms with Crippen LogP contribution in [0.3, 0.4) is 0 Å². The number of nitrogens with one attached hydrogen (secondary N) is 1. The number of carbonyl (C=O) groups is 1. The van der Waals surface area contributed by atoms with E-state index in [4.69, 9.17) is 5.11 Å². The highest BCUT2D eigenvalue weighted by atomic mass is 79.9.